The highest BCUT2D eigenvalue weighted by Gasteiger charge is 2.31. The molecule has 0 spiro atoms. The molecule has 0 saturated carbocycles. The first-order chi connectivity index (χ1) is 14.7. The molecule has 3 aliphatic heterocycles. The minimum absolute atomic E-state index is 0.114. The lowest BCUT2D eigenvalue weighted by Crippen LogP contribution is -2.37. The van der Waals surface area contributed by atoms with Gasteiger partial charge in [-0.25, -0.2) is 9.37 Å². The van der Waals surface area contributed by atoms with Crippen LogP contribution in [0.4, 0.5) is 16.2 Å². The van der Waals surface area contributed by atoms with E-state index in [0.29, 0.717) is 23.6 Å². The van der Waals surface area contributed by atoms with Gasteiger partial charge in [-0.05, 0) is 56.1 Å². The van der Waals surface area contributed by atoms with Crippen molar-refractivity contribution in [1.29, 1.82) is 0 Å². The molecular weight excluding hydrogens is 403 g/mol. The number of rotatable bonds is 4. The van der Waals surface area contributed by atoms with Crippen molar-refractivity contribution in [3.63, 3.8) is 0 Å². The highest BCUT2D eigenvalue weighted by Crippen LogP contribution is 2.35. The number of halogens is 1. The monoisotopic (exact) mass is 432 g/mol. The molecule has 1 N–H and O–H groups in total. The standard InChI is InChI=1S/C22H29FN4O2S/c23-17-3-1-15(2-4-17)16-5-10-27(11-6-16)22-25-19-9-14-30(28)20(19)21(26-22)24-18-7-12-29-13-8-18/h1,3-4,15-16,18H,2,5-14H2,(H,24,25,26). The number of piperidine rings is 1. The van der Waals surface area contributed by atoms with Gasteiger partial charge in [0.25, 0.3) is 0 Å². The van der Waals surface area contributed by atoms with Crippen LogP contribution in [0.2, 0.25) is 0 Å². The highest BCUT2D eigenvalue weighted by molar-refractivity contribution is 7.85. The number of hydrogen-bond donors (Lipinski definition) is 1. The smallest absolute Gasteiger partial charge is 0.227 e. The summed E-state index contributed by atoms with van der Waals surface area (Å²) in [6, 6.07) is 0.306. The third kappa shape index (κ3) is 4.17. The number of ether oxygens (including phenoxy) is 1. The van der Waals surface area contributed by atoms with Crippen molar-refractivity contribution in [2.75, 3.05) is 42.3 Å². The van der Waals surface area contributed by atoms with Crippen LogP contribution in [0.3, 0.4) is 0 Å². The number of aromatic nitrogens is 2. The van der Waals surface area contributed by atoms with E-state index in [-0.39, 0.29) is 5.83 Å². The molecule has 1 aromatic rings. The second-order valence-corrected chi connectivity index (χ2v) is 10.2. The van der Waals surface area contributed by atoms with Crippen molar-refractivity contribution < 1.29 is 13.3 Å². The molecule has 6 nitrogen and oxygen atoms in total. The van der Waals surface area contributed by atoms with E-state index in [4.69, 9.17) is 14.7 Å². The van der Waals surface area contributed by atoms with Crippen molar-refractivity contribution in [2.45, 2.75) is 49.5 Å². The van der Waals surface area contributed by atoms with Crippen LogP contribution in [-0.2, 0) is 22.0 Å². The highest BCUT2D eigenvalue weighted by atomic mass is 32.2. The number of anilines is 2. The molecule has 1 aromatic heterocycles. The Kier molecular flexibility index (Phi) is 5.87. The molecule has 8 heteroatoms. The fraction of sp³-hybridized carbons (Fsp3) is 0.636. The van der Waals surface area contributed by atoms with Gasteiger partial charge >= 0.3 is 0 Å². The third-order valence-electron chi connectivity index (χ3n) is 6.75. The summed E-state index contributed by atoms with van der Waals surface area (Å²) in [6.45, 7) is 3.31. The van der Waals surface area contributed by atoms with Gasteiger partial charge in [0.1, 0.15) is 16.5 Å². The van der Waals surface area contributed by atoms with Crippen molar-refractivity contribution in [1.82, 2.24) is 9.97 Å². The van der Waals surface area contributed by atoms with E-state index in [2.05, 4.69) is 10.2 Å². The molecule has 0 bridgehead atoms. The Labute approximate surface area is 179 Å². The fourth-order valence-electron chi connectivity index (χ4n) is 4.95. The molecule has 2 atom stereocenters. The third-order valence-corrected chi connectivity index (χ3v) is 8.21. The van der Waals surface area contributed by atoms with Crippen LogP contribution in [0.1, 0.15) is 37.8 Å². The Balaban J connectivity index is 1.31. The zero-order valence-corrected chi connectivity index (χ0v) is 18.0. The van der Waals surface area contributed by atoms with Crippen LogP contribution in [-0.4, -0.2) is 52.3 Å². The van der Waals surface area contributed by atoms with Gasteiger partial charge < -0.3 is 15.0 Å². The second-order valence-electron chi connectivity index (χ2n) is 8.65. The van der Waals surface area contributed by atoms with Crippen molar-refractivity contribution >= 4 is 22.6 Å². The van der Waals surface area contributed by atoms with Gasteiger partial charge in [-0.2, -0.15) is 4.98 Å². The van der Waals surface area contributed by atoms with Crippen molar-refractivity contribution in [2.24, 2.45) is 11.8 Å². The van der Waals surface area contributed by atoms with E-state index in [1.54, 1.807) is 12.2 Å². The molecule has 0 amide bonds. The van der Waals surface area contributed by atoms with E-state index < -0.39 is 10.8 Å². The first kappa shape index (κ1) is 20.1. The Morgan fingerprint density at radius 2 is 1.97 bits per heavy atom. The summed E-state index contributed by atoms with van der Waals surface area (Å²) < 4.78 is 31.3. The molecule has 4 aliphatic rings. The Hall–Kier alpha value is -1.80. The quantitative estimate of drug-likeness (QED) is 0.787. The zero-order valence-electron chi connectivity index (χ0n) is 17.2. The van der Waals surface area contributed by atoms with Gasteiger partial charge in [0.05, 0.1) is 16.5 Å². The van der Waals surface area contributed by atoms with E-state index in [1.807, 2.05) is 6.08 Å². The number of nitrogens with zero attached hydrogens (tertiary/aromatic N) is 3. The van der Waals surface area contributed by atoms with Crippen LogP contribution in [0.15, 0.2) is 29.0 Å². The SMILES string of the molecule is O=S1CCc2nc(N3CCC(C4C=CC(F)=CC4)CC3)nc(NC3CCOCC3)c21. The molecule has 162 valence electrons. The molecule has 2 saturated heterocycles. The average Bonchev–Trinajstić information content (AvgIpc) is 3.16. The molecule has 0 aromatic carbocycles. The summed E-state index contributed by atoms with van der Waals surface area (Å²) in [6.07, 6.45) is 10.9. The maximum Gasteiger partial charge on any atom is 0.227 e. The van der Waals surface area contributed by atoms with Crippen LogP contribution < -0.4 is 10.2 Å². The minimum atomic E-state index is -1.02. The molecular formula is C22H29FN4O2S. The number of aryl methyl sites for hydroxylation is 1. The summed E-state index contributed by atoms with van der Waals surface area (Å²) in [5, 5.41) is 3.55. The Bertz CT molecular complexity index is 876. The number of hydrogen-bond acceptors (Lipinski definition) is 6. The van der Waals surface area contributed by atoms with Gasteiger partial charge in [0.2, 0.25) is 5.95 Å². The van der Waals surface area contributed by atoms with Gasteiger partial charge in [-0.15, -0.1) is 0 Å². The van der Waals surface area contributed by atoms with Gasteiger partial charge in [0, 0.05) is 44.5 Å². The molecule has 2 fully saturated rings. The normalized spacial score (nSPS) is 27.8. The Morgan fingerprint density at radius 1 is 1.17 bits per heavy atom. The van der Waals surface area contributed by atoms with Gasteiger partial charge in [-0.1, -0.05) is 6.08 Å². The van der Waals surface area contributed by atoms with Crippen LogP contribution in [0.25, 0.3) is 0 Å². The molecule has 2 unspecified atom stereocenters. The van der Waals surface area contributed by atoms with E-state index >= 15 is 0 Å². The molecule has 30 heavy (non-hydrogen) atoms. The lowest BCUT2D eigenvalue weighted by Gasteiger charge is -2.36. The summed E-state index contributed by atoms with van der Waals surface area (Å²) in [5.41, 5.74) is 0.936. The fourth-order valence-corrected chi connectivity index (χ4v) is 6.26. The summed E-state index contributed by atoms with van der Waals surface area (Å²) in [7, 11) is -1.02. The molecule has 5 rings (SSSR count). The number of nitrogens with one attached hydrogen (secondary N) is 1. The summed E-state index contributed by atoms with van der Waals surface area (Å²) >= 11 is 0. The molecule has 1 aliphatic carbocycles. The second kappa shape index (κ2) is 8.75. The lowest BCUT2D eigenvalue weighted by molar-refractivity contribution is 0.0903. The predicted octanol–water partition coefficient (Wildman–Crippen LogP) is 3.38. The number of fused-ring (bicyclic) bond motifs is 1. The average molecular weight is 433 g/mol. The minimum Gasteiger partial charge on any atom is -0.381 e. The van der Waals surface area contributed by atoms with Crippen LogP contribution in [0.5, 0.6) is 0 Å². The maximum absolute atomic E-state index is 13.3. The molecule has 0 radical (unpaired) electrons. The topological polar surface area (TPSA) is 67.4 Å². The van der Waals surface area contributed by atoms with E-state index in [9.17, 15) is 8.60 Å². The molecule has 4 heterocycles. The summed E-state index contributed by atoms with van der Waals surface area (Å²) in [5.74, 6) is 3.04. The van der Waals surface area contributed by atoms with Crippen molar-refractivity contribution in [3.05, 3.63) is 29.7 Å². The first-order valence-electron chi connectivity index (χ1n) is 11.1. The Morgan fingerprint density at radius 3 is 2.70 bits per heavy atom. The van der Waals surface area contributed by atoms with Gasteiger partial charge in [0.15, 0.2) is 0 Å². The number of allylic oxidation sites excluding steroid dienone is 4. The van der Waals surface area contributed by atoms with Crippen LogP contribution >= 0.6 is 0 Å². The lowest BCUT2D eigenvalue weighted by atomic mass is 9.81. The summed E-state index contributed by atoms with van der Waals surface area (Å²) in [4.78, 5) is 12.7. The van der Waals surface area contributed by atoms with Gasteiger partial charge in [-0.3, -0.25) is 4.21 Å². The van der Waals surface area contributed by atoms with Crippen molar-refractivity contribution in [3.8, 4) is 0 Å². The maximum atomic E-state index is 13.3. The zero-order chi connectivity index (χ0) is 20.5. The first-order valence-corrected chi connectivity index (χ1v) is 12.4. The predicted molar refractivity (Wildman–Crippen MR) is 116 cm³/mol. The largest absolute Gasteiger partial charge is 0.381 e. The van der Waals surface area contributed by atoms with Crippen LogP contribution in [0, 0.1) is 11.8 Å². The van der Waals surface area contributed by atoms with E-state index in [1.165, 1.54) is 0 Å². The van der Waals surface area contributed by atoms with E-state index in [0.717, 1.165) is 87.2 Å².